The molecule has 0 unspecified atom stereocenters. The molecule has 5 nitrogen and oxygen atoms in total. The van der Waals surface area contributed by atoms with E-state index in [0.29, 0.717) is 17.7 Å². The number of rotatable bonds is 11. The SMILES string of the molecule is CC[C@H](C)NC(=O)[C@@H](Cc1ccccc1)N(Cc1ccccc1F)C(=O)COc1ccc(C(C)(C)C)cc1. The summed E-state index contributed by atoms with van der Waals surface area (Å²) >= 11 is 0. The monoisotopic (exact) mass is 518 g/mol. The summed E-state index contributed by atoms with van der Waals surface area (Å²) in [6.45, 7) is 9.97. The van der Waals surface area contributed by atoms with Crippen LogP contribution in [0, 0.1) is 5.82 Å². The first-order chi connectivity index (χ1) is 18.1. The van der Waals surface area contributed by atoms with E-state index in [9.17, 15) is 14.0 Å². The highest BCUT2D eigenvalue weighted by molar-refractivity contribution is 5.88. The van der Waals surface area contributed by atoms with Gasteiger partial charge in [0.1, 0.15) is 17.6 Å². The first kappa shape index (κ1) is 28.9. The van der Waals surface area contributed by atoms with E-state index in [-0.39, 0.29) is 30.5 Å². The van der Waals surface area contributed by atoms with E-state index >= 15 is 0 Å². The number of hydrogen-bond acceptors (Lipinski definition) is 3. The molecule has 3 aromatic carbocycles. The Bertz CT molecular complexity index is 1190. The van der Waals surface area contributed by atoms with E-state index < -0.39 is 17.8 Å². The maximum absolute atomic E-state index is 14.7. The number of hydrogen-bond donors (Lipinski definition) is 1. The van der Waals surface area contributed by atoms with Crippen molar-refractivity contribution >= 4 is 11.8 Å². The zero-order valence-corrected chi connectivity index (χ0v) is 23.0. The number of nitrogens with zero attached hydrogens (tertiary/aromatic N) is 1. The van der Waals surface area contributed by atoms with Crippen LogP contribution in [0.4, 0.5) is 4.39 Å². The largest absolute Gasteiger partial charge is 0.484 e. The van der Waals surface area contributed by atoms with Crippen LogP contribution in [0.25, 0.3) is 0 Å². The Morgan fingerprint density at radius 1 is 0.947 bits per heavy atom. The van der Waals surface area contributed by atoms with Crippen LogP contribution in [0.15, 0.2) is 78.9 Å². The van der Waals surface area contributed by atoms with Crippen LogP contribution in [0.5, 0.6) is 5.75 Å². The summed E-state index contributed by atoms with van der Waals surface area (Å²) < 4.78 is 20.5. The first-order valence-electron chi connectivity index (χ1n) is 13.2. The summed E-state index contributed by atoms with van der Waals surface area (Å²) in [5.74, 6) is -0.540. The van der Waals surface area contributed by atoms with Crippen molar-refractivity contribution in [1.82, 2.24) is 10.2 Å². The Morgan fingerprint density at radius 2 is 1.58 bits per heavy atom. The second-order valence-electron chi connectivity index (χ2n) is 10.7. The average Bonchev–Trinajstić information content (AvgIpc) is 2.90. The highest BCUT2D eigenvalue weighted by Gasteiger charge is 2.31. The molecule has 0 aliphatic heterocycles. The minimum Gasteiger partial charge on any atom is -0.484 e. The van der Waals surface area contributed by atoms with Crippen molar-refractivity contribution in [2.75, 3.05) is 6.61 Å². The molecule has 0 aliphatic rings. The Kier molecular flexibility index (Phi) is 10.1. The Morgan fingerprint density at radius 3 is 2.18 bits per heavy atom. The predicted octanol–water partition coefficient (Wildman–Crippen LogP) is 6.06. The number of carbonyl (C=O) groups is 2. The first-order valence-corrected chi connectivity index (χ1v) is 13.2. The molecule has 2 atom stereocenters. The third-order valence-corrected chi connectivity index (χ3v) is 6.65. The van der Waals surface area contributed by atoms with Crippen molar-refractivity contribution in [3.63, 3.8) is 0 Å². The Hall–Kier alpha value is -3.67. The van der Waals surface area contributed by atoms with Gasteiger partial charge in [-0.15, -0.1) is 0 Å². The molecule has 0 fully saturated rings. The van der Waals surface area contributed by atoms with Crippen molar-refractivity contribution in [2.24, 2.45) is 0 Å². The van der Waals surface area contributed by atoms with Crippen LogP contribution in [-0.2, 0) is 28.0 Å². The zero-order chi connectivity index (χ0) is 27.7. The lowest BCUT2D eigenvalue weighted by atomic mass is 9.87. The summed E-state index contributed by atoms with van der Waals surface area (Å²) in [4.78, 5) is 28.6. The summed E-state index contributed by atoms with van der Waals surface area (Å²) in [5.41, 5.74) is 2.40. The van der Waals surface area contributed by atoms with Gasteiger partial charge in [-0.25, -0.2) is 4.39 Å². The fourth-order valence-electron chi connectivity index (χ4n) is 4.08. The van der Waals surface area contributed by atoms with Gasteiger partial charge in [-0.2, -0.15) is 0 Å². The highest BCUT2D eigenvalue weighted by atomic mass is 19.1. The van der Waals surface area contributed by atoms with E-state index in [1.807, 2.05) is 68.4 Å². The molecule has 38 heavy (non-hydrogen) atoms. The van der Waals surface area contributed by atoms with Gasteiger partial charge in [0.2, 0.25) is 5.91 Å². The topological polar surface area (TPSA) is 58.6 Å². The van der Waals surface area contributed by atoms with Crippen LogP contribution in [-0.4, -0.2) is 35.4 Å². The number of carbonyl (C=O) groups excluding carboxylic acids is 2. The number of ether oxygens (including phenoxy) is 1. The molecule has 0 spiro atoms. The lowest BCUT2D eigenvalue weighted by Crippen LogP contribution is -2.53. The molecule has 0 aromatic heterocycles. The predicted molar refractivity (Wildman–Crippen MR) is 149 cm³/mol. The second kappa shape index (κ2) is 13.2. The van der Waals surface area contributed by atoms with Crippen LogP contribution in [0.1, 0.15) is 57.7 Å². The number of halogens is 1. The van der Waals surface area contributed by atoms with Gasteiger partial charge < -0.3 is 15.0 Å². The normalized spacial score (nSPS) is 12.9. The summed E-state index contributed by atoms with van der Waals surface area (Å²) in [6, 6.07) is 22.6. The van der Waals surface area contributed by atoms with Gasteiger partial charge in [0.25, 0.3) is 5.91 Å². The minimum atomic E-state index is -0.842. The van der Waals surface area contributed by atoms with E-state index in [2.05, 4.69) is 26.1 Å². The fraction of sp³-hybridized carbons (Fsp3) is 0.375. The highest BCUT2D eigenvalue weighted by Crippen LogP contribution is 2.24. The van der Waals surface area contributed by atoms with Crippen molar-refractivity contribution in [2.45, 2.75) is 71.5 Å². The Labute approximate surface area is 226 Å². The molecular weight excluding hydrogens is 479 g/mol. The zero-order valence-electron chi connectivity index (χ0n) is 23.0. The summed E-state index contributed by atoms with van der Waals surface area (Å²) in [6.07, 6.45) is 1.04. The van der Waals surface area contributed by atoms with Crippen LogP contribution >= 0.6 is 0 Å². The molecule has 0 aliphatic carbocycles. The number of nitrogens with one attached hydrogen (secondary N) is 1. The minimum absolute atomic E-state index is 0.00144. The smallest absolute Gasteiger partial charge is 0.261 e. The standard InChI is InChI=1S/C32H39FN2O3/c1-6-23(2)34-31(37)29(20-24-12-8-7-9-13-24)35(21-25-14-10-11-15-28(25)33)30(36)22-38-27-18-16-26(17-19-27)32(3,4)5/h7-19,23,29H,6,20-22H2,1-5H3,(H,34,37)/t23-,29+/m0/s1. The molecule has 0 saturated heterocycles. The lowest BCUT2D eigenvalue weighted by molar-refractivity contribution is -0.143. The van der Waals surface area contributed by atoms with Crippen LogP contribution in [0.3, 0.4) is 0 Å². The molecule has 0 saturated carbocycles. The van der Waals surface area contributed by atoms with Crippen molar-refractivity contribution in [1.29, 1.82) is 0 Å². The third kappa shape index (κ3) is 8.17. The maximum Gasteiger partial charge on any atom is 0.261 e. The molecule has 6 heteroatoms. The van der Waals surface area contributed by atoms with E-state index in [0.717, 1.165) is 17.5 Å². The molecule has 3 aromatic rings. The molecule has 3 rings (SSSR count). The van der Waals surface area contributed by atoms with E-state index in [4.69, 9.17) is 4.74 Å². The summed E-state index contributed by atoms with van der Waals surface area (Å²) in [7, 11) is 0. The molecule has 2 amide bonds. The van der Waals surface area contributed by atoms with E-state index in [1.165, 1.54) is 11.0 Å². The Balaban J connectivity index is 1.90. The molecule has 0 heterocycles. The molecule has 0 bridgehead atoms. The van der Waals surface area contributed by atoms with Gasteiger partial charge in [-0.3, -0.25) is 9.59 Å². The molecule has 1 N–H and O–H groups in total. The van der Waals surface area contributed by atoms with Crippen LogP contribution < -0.4 is 10.1 Å². The van der Waals surface area contributed by atoms with Gasteiger partial charge in [0, 0.05) is 24.6 Å². The fourth-order valence-corrected chi connectivity index (χ4v) is 4.08. The van der Waals surface area contributed by atoms with Gasteiger partial charge in [0.05, 0.1) is 0 Å². The quantitative estimate of drug-likeness (QED) is 0.336. The van der Waals surface area contributed by atoms with Crippen molar-refractivity contribution in [3.05, 3.63) is 101 Å². The molecule has 202 valence electrons. The van der Waals surface area contributed by atoms with Gasteiger partial charge in [-0.05, 0) is 48.1 Å². The van der Waals surface area contributed by atoms with Gasteiger partial charge in [-0.1, -0.05) is 88.4 Å². The summed E-state index contributed by atoms with van der Waals surface area (Å²) in [5, 5.41) is 3.01. The third-order valence-electron chi connectivity index (χ3n) is 6.65. The number of benzene rings is 3. The number of amides is 2. The maximum atomic E-state index is 14.7. The van der Waals surface area contributed by atoms with Gasteiger partial charge in [0.15, 0.2) is 6.61 Å². The molecule has 0 radical (unpaired) electrons. The van der Waals surface area contributed by atoms with E-state index in [1.54, 1.807) is 18.2 Å². The molecular formula is C32H39FN2O3. The van der Waals surface area contributed by atoms with Crippen LogP contribution in [0.2, 0.25) is 0 Å². The lowest BCUT2D eigenvalue weighted by Gasteiger charge is -2.32. The van der Waals surface area contributed by atoms with Gasteiger partial charge >= 0.3 is 0 Å². The van der Waals surface area contributed by atoms with Crippen molar-refractivity contribution < 1.29 is 18.7 Å². The average molecular weight is 519 g/mol. The second-order valence-corrected chi connectivity index (χ2v) is 10.7. The van der Waals surface area contributed by atoms with Crippen molar-refractivity contribution in [3.8, 4) is 5.75 Å².